The molecule has 5 aromatic carbocycles. The maximum atomic E-state index is 6.53. The summed E-state index contributed by atoms with van der Waals surface area (Å²) < 4.78 is 10.4. The summed E-state index contributed by atoms with van der Waals surface area (Å²) in [6, 6.07) is 47.1. The van der Waals surface area contributed by atoms with Crippen molar-refractivity contribution < 1.29 is 24.5 Å². The first-order valence-electron chi connectivity index (χ1n) is 22.9. The van der Waals surface area contributed by atoms with Crippen LogP contribution in [-0.4, -0.2) is 32.8 Å². The number of benzene rings is 5. The quantitative estimate of drug-likeness (QED) is 0.107. The molecule has 0 N–H and O–H groups in total. The average Bonchev–Trinajstić information content (AvgIpc) is 3.84. The zero-order valence-electron chi connectivity index (χ0n) is 40.1. The van der Waals surface area contributed by atoms with E-state index in [1.165, 1.54) is 39.1 Å². The van der Waals surface area contributed by atoms with Crippen molar-refractivity contribution in [3.63, 3.8) is 0 Å². The van der Waals surface area contributed by atoms with Crippen molar-refractivity contribution in [2.75, 3.05) is 0 Å². The summed E-state index contributed by atoms with van der Waals surface area (Å²) in [5, 5.41) is 2.15. The van der Waals surface area contributed by atoms with E-state index in [9.17, 15) is 0 Å². The minimum absolute atomic E-state index is 0. The van der Waals surface area contributed by atoms with Crippen molar-refractivity contribution in [1.82, 2.24) is 19.5 Å². The van der Waals surface area contributed by atoms with Gasteiger partial charge in [-0.25, -0.2) is 4.98 Å². The number of rotatable bonds is 9. The number of nitrogens with zero attached hydrogens (tertiary/aromatic N) is 4. The van der Waals surface area contributed by atoms with Gasteiger partial charge in [0.05, 0.1) is 16.9 Å². The van der Waals surface area contributed by atoms with Crippen LogP contribution in [0.5, 0.6) is 0 Å². The Morgan fingerprint density at radius 1 is 0.692 bits per heavy atom. The molecule has 9 rings (SSSR count). The van der Waals surface area contributed by atoms with Gasteiger partial charge >= 0.3 is 126 Å². The molecule has 7 heteroatoms. The molecule has 0 saturated carbocycles. The number of furan rings is 1. The zero-order valence-corrected chi connectivity index (χ0v) is 44.6. The van der Waals surface area contributed by atoms with E-state index < -0.39 is 13.3 Å². The third kappa shape index (κ3) is 10.0. The van der Waals surface area contributed by atoms with Crippen LogP contribution < -0.4 is 4.40 Å². The minimum Gasteiger partial charge on any atom is -0.501 e. The molecule has 65 heavy (non-hydrogen) atoms. The van der Waals surface area contributed by atoms with Crippen molar-refractivity contribution in [2.24, 2.45) is 5.92 Å². The summed E-state index contributed by atoms with van der Waals surface area (Å²) >= 11 is -1.86. The molecule has 0 unspecified atom stereocenters. The van der Waals surface area contributed by atoms with Crippen molar-refractivity contribution in [3.05, 3.63) is 162 Å². The van der Waals surface area contributed by atoms with Crippen LogP contribution in [0.4, 0.5) is 0 Å². The molecule has 0 amide bonds. The van der Waals surface area contributed by atoms with E-state index in [1.807, 2.05) is 42.6 Å². The smallest absolute Gasteiger partial charge is 0.168 e. The van der Waals surface area contributed by atoms with Gasteiger partial charge in [-0.2, -0.15) is 0 Å². The van der Waals surface area contributed by atoms with Gasteiger partial charge in [0.2, 0.25) is 0 Å². The van der Waals surface area contributed by atoms with Gasteiger partial charge in [0.15, 0.2) is 5.65 Å². The average molecular weight is 1100 g/mol. The van der Waals surface area contributed by atoms with E-state index >= 15 is 0 Å². The van der Waals surface area contributed by atoms with Crippen LogP contribution >= 0.6 is 0 Å². The Morgan fingerprint density at radius 3 is 2.00 bits per heavy atom. The summed E-state index contributed by atoms with van der Waals surface area (Å²) in [4.78, 5) is 14.9. The van der Waals surface area contributed by atoms with Gasteiger partial charge in [-0.05, 0) is 69.3 Å². The summed E-state index contributed by atoms with van der Waals surface area (Å²) in [5.74, 6) is 9.31. The Kier molecular flexibility index (Phi) is 14.2. The molecule has 0 aliphatic carbocycles. The standard InChI is InChI=1S/C40H38N3O.C18H24GeN.Ir/c1-24(2)32-20-27(26-14-9-8-10-15-26)21-33(25(3)4)36(32)43-34-22-28(40(5,6)7)23-41-38(34)42-39(43)31-18-13-17-30-29-16-11-12-19-35(29)44-37(30)31;1-14(2)11-16-12-18(15-9-7-6-8-10-15)20-13-17(16)19(3,4)5;/h8-17,19-25H,1-7H3;6-9,12-14H,11H2,1-5H3;/q2*-1;. The molecular formula is C58H62GeIrN4O-2. The predicted molar refractivity (Wildman–Crippen MR) is 273 cm³/mol. The van der Waals surface area contributed by atoms with Crippen LogP contribution in [0, 0.1) is 18.1 Å². The molecule has 5 nitrogen and oxygen atoms in total. The second-order valence-electron chi connectivity index (χ2n) is 20.3. The molecule has 0 spiro atoms. The third-order valence-electron chi connectivity index (χ3n) is 12.1. The molecule has 0 atom stereocenters. The number of pyridine rings is 2. The second-order valence-corrected chi connectivity index (χ2v) is 30.9. The fourth-order valence-electron chi connectivity index (χ4n) is 8.72. The van der Waals surface area contributed by atoms with Gasteiger partial charge in [0.25, 0.3) is 0 Å². The van der Waals surface area contributed by atoms with Crippen molar-refractivity contribution in [1.29, 1.82) is 0 Å². The third-order valence-corrected chi connectivity index (χ3v) is 16.4. The van der Waals surface area contributed by atoms with Crippen molar-refractivity contribution in [3.8, 4) is 39.5 Å². The molecule has 1 radical (unpaired) electrons. The van der Waals surface area contributed by atoms with Gasteiger partial charge < -0.3 is 8.98 Å². The van der Waals surface area contributed by atoms with Gasteiger partial charge in [-0.15, -0.1) is 18.2 Å². The summed E-state index contributed by atoms with van der Waals surface area (Å²) in [6.45, 7) is 20.4. The predicted octanol–water partition coefficient (Wildman–Crippen LogP) is 15.3. The Morgan fingerprint density at radius 2 is 1.37 bits per heavy atom. The van der Waals surface area contributed by atoms with E-state index in [0.717, 1.165) is 56.5 Å². The minimum atomic E-state index is -1.86. The number of hydrogen-bond acceptors (Lipinski definition) is 4. The molecule has 9 aromatic rings. The number of aromatic nitrogens is 4. The summed E-state index contributed by atoms with van der Waals surface area (Å²) in [7, 11) is 0. The molecule has 0 aliphatic heterocycles. The fraction of sp³-hybridized carbons (Fsp3) is 0.293. The van der Waals surface area contributed by atoms with Crippen LogP contribution in [0.15, 0.2) is 132 Å². The van der Waals surface area contributed by atoms with Crippen LogP contribution in [0.25, 0.3) is 72.6 Å². The molecule has 4 aromatic heterocycles. The van der Waals surface area contributed by atoms with E-state index in [1.54, 1.807) is 4.40 Å². The van der Waals surface area contributed by atoms with Crippen LogP contribution in [0.3, 0.4) is 0 Å². The first-order valence-corrected chi connectivity index (χ1v) is 30.2. The van der Waals surface area contributed by atoms with Gasteiger partial charge in [-0.1, -0.05) is 108 Å². The van der Waals surface area contributed by atoms with Gasteiger partial charge in [-0.3, -0.25) is 4.98 Å². The molecule has 4 heterocycles. The molecule has 0 aliphatic rings. The van der Waals surface area contributed by atoms with Crippen LogP contribution in [-0.2, 0) is 31.9 Å². The maximum absolute atomic E-state index is 6.53. The van der Waals surface area contributed by atoms with Crippen molar-refractivity contribution >= 4 is 50.8 Å². The van der Waals surface area contributed by atoms with Gasteiger partial charge in [0.1, 0.15) is 5.58 Å². The Labute approximate surface area is 402 Å². The number of hydrogen-bond donors (Lipinski definition) is 0. The molecular weight excluding hydrogens is 1030 g/mol. The number of para-hydroxylation sites is 1. The molecule has 0 bridgehead atoms. The maximum Gasteiger partial charge on any atom is 0.168 e. The first-order chi connectivity index (χ1) is 30.5. The van der Waals surface area contributed by atoms with Crippen LogP contribution in [0.1, 0.15) is 96.4 Å². The fourth-order valence-corrected chi connectivity index (χ4v) is 12.1. The topological polar surface area (TPSA) is 56.7 Å². The largest absolute Gasteiger partial charge is 0.501 e. The van der Waals surface area contributed by atoms with Gasteiger partial charge in [0, 0.05) is 37.4 Å². The Hall–Kier alpha value is -5.14. The zero-order chi connectivity index (χ0) is 45.5. The second kappa shape index (κ2) is 19.4. The van der Waals surface area contributed by atoms with Crippen molar-refractivity contribution in [2.45, 2.75) is 103 Å². The Balaban J connectivity index is 0.000000253. The van der Waals surface area contributed by atoms with E-state index in [-0.39, 0.29) is 37.4 Å². The SMILES string of the molecule is CC(C)Cc1cc(-c2[c-]cccc2)nc[c]1[Ge]([CH3])([CH3])[CH3].CC(C)c1cc(-c2ccccc2)cc(C(C)C)c1-n1c(-c2[c-]ccc3c2oc2ccccc23)nc2ncc(C(C)(C)C)cc21.[Ir]. The van der Waals surface area contributed by atoms with Crippen LogP contribution in [0.2, 0.25) is 17.3 Å². The monoisotopic (exact) mass is 1100 g/mol. The Bertz CT molecular complexity index is 3050. The summed E-state index contributed by atoms with van der Waals surface area (Å²) in [6.07, 6.45) is 5.24. The number of imidazole rings is 1. The van der Waals surface area contributed by atoms with E-state index in [2.05, 4.69) is 181 Å². The normalized spacial score (nSPS) is 12.0. The summed E-state index contributed by atoms with van der Waals surface area (Å²) in [5.41, 5.74) is 15.1. The van der Waals surface area contributed by atoms with E-state index in [0.29, 0.717) is 11.6 Å². The first kappa shape index (κ1) is 47.8. The molecule has 0 saturated heterocycles. The number of fused-ring (bicyclic) bond motifs is 4. The molecule has 0 fully saturated rings. The molecule has 335 valence electrons. The van der Waals surface area contributed by atoms with E-state index in [4.69, 9.17) is 19.4 Å².